The number of nitrogens with one attached hydrogen (secondary N) is 2. The zero-order valence-electron chi connectivity index (χ0n) is 12.4. The summed E-state index contributed by atoms with van der Waals surface area (Å²) in [6.07, 6.45) is -0.443. The van der Waals surface area contributed by atoms with Crippen LogP contribution in [-0.4, -0.2) is 40.0 Å². The van der Waals surface area contributed by atoms with Crippen molar-refractivity contribution in [2.75, 3.05) is 18.4 Å². The van der Waals surface area contributed by atoms with Gasteiger partial charge < -0.3 is 15.4 Å². The van der Waals surface area contributed by atoms with Crippen LogP contribution in [0.3, 0.4) is 0 Å². The van der Waals surface area contributed by atoms with Gasteiger partial charge in [0.15, 0.2) is 0 Å². The lowest BCUT2D eigenvalue weighted by Gasteiger charge is -2.19. The summed E-state index contributed by atoms with van der Waals surface area (Å²) < 4.78 is 5.13. The zero-order chi connectivity index (χ0) is 15.3. The van der Waals surface area contributed by atoms with Crippen molar-refractivity contribution in [3.63, 3.8) is 0 Å². The number of nitrogens with zero attached hydrogens (tertiary/aromatic N) is 3. The molecule has 1 aromatic heterocycles. The van der Waals surface area contributed by atoms with Crippen molar-refractivity contribution in [3.8, 4) is 0 Å². The normalized spacial score (nSPS) is 11.2. The first kappa shape index (κ1) is 15.0. The van der Waals surface area contributed by atoms with Gasteiger partial charge in [-0.2, -0.15) is 0 Å². The molecule has 0 saturated carbocycles. The minimum Gasteiger partial charge on any atom is -0.444 e. The second-order valence-corrected chi connectivity index (χ2v) is 5.48. The zero-order valence-corrected chi connectivity index (χ0v) is 12.4. The highest BCUT2D eigenvalue weighted by Crippen LogP contribution is 2.08. The predicted molar refractivity (Wildman–Crippen MR) is 80.1 cm³/mol. The van der Waals surface area contributed by atoms with Gasteiger partial charge in [-0.3, -0.25) is 0 Å². The summed E-state index contributed by atoms with van der Waals surface area (Å²) in [4.78, 5) is 15.8. The second-order valence-electron chi connectivity index (χ2n) is 5.48. The number of hydrogen-bond donors (Lipinski definition) is 2. The van der Waals surface area contributed by atoms with Crippen molar-refractivity contribution < 1.29 is 9.53 Å². The van der Waals surface area contributed by atoms with E-state index in [2.05, 4.69) is 25.8 Å². The van der Waals surface area contributed by atoms with Crippen LogP contribution in [0.5, 0.6) is 0 Å². The molecule has 0 radical (unpaired) electrons. The van der Waals surface area contributed by atoms with Crippen molar-refractivity contribution in [2.45, 2.75) is 26.4 Å². The number of benzene rings is 1. The number of amides is 1. The molecule has 0 aliphatic carbocycles. The van der Waals surface area contributed by atoms with Crippen molar-refractivity contribution in [1.82, 2.24) is 20.5 Å². The summed E-state index contributed by atoms with van der Waals surface area (Å²) in [7, 11) is 0. The van der Waals surface area contributed by atoms with Crippen LogP contribution in [0.4, 0.5) is 10.7 Å². The summed E-state index contributed by atoms with van der Waals surface area (Å²) in [6.45, 7) is 6.35. The van der Waals surface area contributed by atoms with Gasteiger partial charge in [0.2, 0.25) is 5.95 Å². The molecule has 0 unspecified atom stereocenters. The molecule has 0 atom stereocenters. The molecule has 1 aromatic carbocycles. The first-order valence-corrected chi connectivity index (χ1v) is 6.74. The van der Waals surface area contributed by atoms with E-state index in [-0.39, 0.29) is 0 Å². The van der Waals surface area contributed by atoms with E-state index in [4.69, 9.17) is 4.74 Å². The number of hydrogen-bond acceptors (Lipinski definition) is 6. The van der Waals surface area contributed by atoms with Crippen LogP contribution >= 0.6 is 0 Å². The number of carbonyl (C=O) groups excluding carboxylic acids is 1. The lowest BCUT2D eigenvalue weighted by atomic mass is 10.2. The minimum atomic E-state index is -0.497. The standard InChI is InChI=1S/C14H19N5O2/c1-14(2,3)21-13(20)16-9-8-15-12-17-10-6-4-5-7-11(10)18-19-12/h4-7H,8-9H2,1-3H3,(H,16,20)(H,15,17,19). The number of para-hydroxylation sites is 1. The second kappa shape index (κ2) is 6.34. The Labute approximate surface area is 123 Å². The molecule has 0 spiro atoms. The summed E-state index contributed by atoms with van der Waals surface area (Å²) >= 11 is 0. The third-order valence-electron chi connectivity index (χ3n) is 2.44. The fraction of sp³-hybridized carbons (Fsp3) is 0.429. The molecule has 0 saturated heterocycles. The summed E-state index contributed by atoms with van der Waals surface area (Å²) in [5, 5.41) is 13.7. The minimum absolute atomic E-state index is 0.408. The van der Waals surface area contributed by atoms with Gasteiger partial charge in [-0.1, -0.05) is 12.1 Å². The number of carbonyl (C=O) groups is 1. The highest BCUT2D eigenvalue weighted by Gasteiger charge is 2.15. The van der Waals surface area contributed by atoms with Gasteiger partial charge in [0.1, 0.15) is 11.1 Å². The fourth-order valence-electron chi connectivity index (χ4n) is 1.61. The quantitative estimate of drug-likeness (QED) is 0.836. The molecule has 0 aliphatic heterocycles. The maximum Gasteiger partial charge on any atom is 0.407 e. The number of ether oxygens (including phenoxy) is 1. The van der Waals surface area contributed by atoms with Gasteiger partial charge in [0.05, 0.1) is 5.52 Å². The van der Waals surface area contributed by atoms with E-state index in [1.54, 1.807) is 0 Å². The molecule has 0 bridgehead atoms. The van der Waals surface area contributed by atoms with E-state index in [1.165, 1.54) is 0 Å². The van der Waals surface area contributed by atoms with Crippen LogP contribution in [-0.2, 0) is 4.74 Å². The Morgan fingerprint density at radius 1 is 1.14 bits per heavy atom. The Bertz CT molecular complexity index is 624. The largest absolute Gasteiger partial charge is 0.444 e. The molecule has 1 heterocycles. The molecule has 7 nitrogen and oxygen atoms in total. The Kier molecular flexibility index (Phi) is 4.52. The smallest absolute Gasteiger partial charge is 0.407 e. The van der Waals surface area contributed by atoms with Crippen molar-refractivity contribution >= 4 is 23.1 Å². The average molecular weight is 289 g/mol. The molecule has 7 heteroatoms. The van der Waals surface area contributed by atoms with E-state index >= 15 is 0 Å². The average Bonchev–Trinajstić information content (AvgIpc) is 2.41. The van der Waals surface area contributed by atoms with Gasteiger partial charge in [-0.15, -0.1) is 10.2 Å². The third kappa shape index (κ3) is 4.87. The summed E-state index contributed by atoms with van der Waals surface area (Å²) in [5.41, 5.74) is 1.02. The molecular formula is C14H19N5O2. The van der Waals surface area contributed by atoms with Crippen LogP contribution in [0.15, 0.2) is 24.3 Å². The van der Waals surface area contributed by atoms with E-state index < -0.39 is 11.7 Å². The maximum absolute atomic E-state index is 11.4. The topological polar surface area (TPSA) is 89.0 Å². The van der Waals surface area contributed by atoms with Crippen LogP contribution in [0.2, 0.25) is 0 Å². The van der Waals surface area contributed by atoms with Crippen LogP contribution in [0.1, 0.15) is 20.8 Å². The van der Waals surface area contributed by atoms with Gasteiger partial charge in [-0.05, 0) is 32.9 Å². The monoisotopic (exact) mass is 289 g/mol. The van der Waals surface area contributed by atoms with E-state index in [0.717, 1.165) is 11.0 Å². The molecule has 2 rings (SSSR count). The van der Waals surface area contributed by atoms with Gasteiger partial charge in [0, 0.05) is 13.1 Å². The molecule has 21 heavy (non-hydrogen) atoms. The molecular weight excluding hydrogens is 270 g/mol. The van der Waals surface area contributed by atoms with E-state index in [0.29, 0.717) is 19.0 Å². The molecule has 2 N–H and O–H groups in total. The summed E-state index contributed by atoms with van der Waals surface area (Å²) in [5.74, 6) is 0.430. The highest BCUT2D eigenvalue weighted by atomic mass is 16.6. The Hall–Kier alpha value is -2.44. The lowest BCUT2D eigenvalue weighted by molar-refractivity contribution is 0.0530. The van der Waals surface area contributed by atoms with Gasteiger partial charge in [0.25, 0.3) is 0 Å². The molecule has 112 valence electrons. The molecule has 0 aliphatic rings. The molecule has 2 aromatic rings. The van der Waals surface area contributed by atoms with Gasteiger partial charge in [-0.25, -0.2) is 9.78 Å². The lowest BCUT2D eigenvalue weighted by Crippen LogP contribution is -2.35. The number of anilines is 1. The molecule has 0 fully saturated rings. The highest BCUT2D eigenvalue weighted by molar-refractivity contribution is 5.74. The Morgan fingerprint density at radius 2 is 1.86 bits per heavy atom. The third-order valence-corrected chi connectivity index (χ3v) is 2.44. The summed E-state index contributed by atoms with van der Waals surface area (Å²) in [6, 6.07) is 7.50. The van der Waals surface area contributed by atoms with Crippen LogP contribution in [0, 0.1) is 0 Å². The Balaban J connectivity index is 1.79. The first-order chi connectivity index (χ1) is 9.94. The van der Waals surface area contributed by atoms with E-state index in [1.807, 2.05) is 45.0 Å². The van der Waals surface area contributed by atoms with Gasteiger partial charge >= 0.3 is 6.09 Å². The van der Waals surface area contributed by atoms with Crippen LogP contribution < -0.4 is 10.6 Å². The van der Waals surface area contributed by atoms with Crippen molar-refractivity contribution in [1.29, 1.82) is 0 Å². The fourth-order valence-corrected chi connectivity index (χ4v) is 1.61. The first-order valence-electron chi connectivity index (χ1n) is 6.74. The number of alkyl carbamates (subject to hydrolysis) is 1. The molecule has 1 amide bonds. The number of rotatable bonds is 4. The van der Waals surface area contributed by atoms with E-state index in [9.17, 15) is 4.79 Å². The SMILES string of the molecule is CC(C)(C)OC(=O)NCCNc1nnc2ccccc2n1. The van der Waals surface area contributed by atoms with Crippen molar-refractivity contribution in [2.24, 2.45) is 0 Å². The number of aromatic nitrogens is 3. The maximum atomic E-state index is 11.4. The van der Waals surface area contributed by atoms with Crippen LogP contribution in [0.25, 0.3) is 11.0 Å². The Morgan fingerprint density at radius 3 is 2.57 bits per heavy atom. The van der Waals surface area contributed by atoms with Crippen molar-refractivity contribution in [3.05, 3.63) is 24.3 Å². The predicted octanol–water partition coefficient (Wildman–Crippen LogP) is 1.96. The number of fused-ring (bicyclic) bond motifs is 1.